The molecule has 0 radical (unpaired) electrons. The fourth-order valence-electron chi connectivity index (χ4n) is 4.01. The number of carbonyl (C=O) groups excluding carboxylic acids is 1. The van der Waals surface area contributed by atoms with Gasteiger partial charge in [-0.2, -0.15) is 0 Å². The molecule has 0 aromatic heterocycles. The van der Waals surface area contributed by atoms with Crippen LogP contribution in [0.1, 0.15) is 58.8 Å². The highest BCUT2D eigenvalue weighted by Gasteiger charge is 2.41. The molecule has 1 atom stereocenters. The van der Waals surface area contributed by atoms with Gasteiger partial charge in [-0.25, -0.2) is 0 Å². The molecule has 3 nitrogen and oxygen atoms in total. The molecule has 0 spiro atoms. The van der Waals surface area contributed by atoms with Gasteiger partial charge in [-0.1, -0.05) is 33.1 Å². The molecule has 0 amide bonds. The van der Waals surface area contributed by atoms with Gasteiger partial charge in [0.15, 0.2) is 10.9 Å². The van der Waals surface area contributed by atoms with Gasteiger partial charge in [0.05, 0.1) is 6.04 Å². The van der Waals surface area contributed by atoms with Crippen LogP contribution in [-0.2, 0) is 4.79 Å². The predicted molar refractivity (Wildman–Crippen MR) is 84.3 cm³/mol. The van der Waals surface area contributed by atoms with Gasteiger partial charge in [-0.15, -0.1) is 0 Å². The summed E-state index contributed by atoms with van der Waals surface area (Å²) in [5.41, 5.74) is 2.14. The summed E-state index contributed by atoms with van der Waals surface area (Å²) in [5, 5.41) is 7.34. The van der Waals surface area contributed by atoms with Crippen molar-refractivity contribution in [3.63, 3.8) is 0 Å². The van der Waals surface area contributed by atoms with Crippen LogP contribution in [0.3, 0.4) is 0 Å². The molecule has 2 N–H and O–H groups in total. The van der Waals surface area contributed by atoms with E-state index in [1.807, 2.05) is 0 Å². The van der Waals surface area contributed by atoms with Crippen LogP contribution >= 0.6 is 12.2 Å². The number of ketones is 1. The molecule has 0 unspecified atom stereocenters. The zero-order valence-corrected chi connectivity index (χ0v) is 13.2. The first-order valence-corrected chi connectivity index (χ1v) is 8.21. The summed E-state index contributed by atoms with van der Waals surface area (Å²) in [4.78, 5) is 12.6. The third kappa shape index (κ3) is 2.62. The van der Waals surface area contributed by atoms with Gasteiger partial charge in [-0.3, -0.25) is 4.79 Å². The van der Waals surface area contributed by atoms with Gasteiger partial charge < -0.3 is 10.6 Å². The Morgan fingerprint density at radius 3 is 2.55 bits per heavy atom. The Hall–Kier alpha value is -0.900. The average molecular weight is 292 g/mol. The second-order valence-corrected chi connectivity index (χ2v) is 7.72. The van der Waals surface area contributed by atoms with E-state index in [9.17, 15) is 4.79 Å². The maximum absolute atomic E-state index is 12.6. The average Bonchev–Trinajstić information content (AvgIpc) is 2.36. The molecule has 0 aromatic rings. The maximum Gasteiger partial charge on any atom is 0.171 e. The Balaban J connectivity index is 1.93. The first kappa shape index (κ1) is 14.1. The topological polar surface area (TPSA) is 41.1 Å². The minimum atomic E-state index is 0.0486. The zero-order valence-electron chi connectivity index (χ0n) is 12.4. The highest BCUT2D eigenvalue weighted by molar-refractivity contribution is 7.80. The number of Topliss-reactive ketones (excluding diaryl/α,β-unsaturated/α-hetero) is 1. The lowest BCUT2D eigenvalue weighted by molar-refractivity contribution is -0.118. The predicted octanol–water partition coefficient (Wildman–Crippen LogP) is 3.06. The van der Waals surface area contributed by atoms with Crippen LogP contribution in [0.5, 0.6) is 0 Å². The van der Waals surface area contributed by atoms with Crippen LogP contribution < -0.4 is 10.6 Å². The second kappa shape index (κ2) is 5.14. The van der Waals surface area contributed by atoms with Crippen molar-refractivity contribution < 1.29 is 4.79 Å². The molecule has 1 aliphatic heterocycles. The maximum atomic E-state index is 12.6. The molecule has 0 saturated heterocycles. The molecule has 1 saturated carbocycles. The van der Waals surface area contributed by atoms with Crippen molar-refractivity contribution >= 4 is 23.1 Å². The summed E-state index contributed by atoms with van der Waals surface area (Å²) in [7, 11) is 0. The van der Waals surface area contributed by atoms with E-state index < -0.39 is 0 Å². The smallest absolute Gasteiger partial charge is 0.171 e. The third-order valence-electron chi connectivity index (χ3n) is 4.90. The monoisotopic (exact) mass is 292 g/mol. The van der Waals surface area contributed by atoms with Crippen molar-refractivity contribution in [3.05, 3.63) is 11.3 Å². The van der Waals surface area contributed by atoms with E-state index in [1.54, 1.807) is 0 Å². The lowest BCUT2D eigenvalue weighted by Crippen LogP contribution is -2.55. The van der Waals surface area contributed by atoms with Crippen molar-refractivity contribution in [2.75, 3.05) is 0 Å². The zero-order chi connectivity index (χ0) is 14.3. The number of allylic oxidation sites excluding steroid dienone is 1. The number of rotatable bonds is 1. The van der Waals surface area contributed by atoms with E-state index in [-0.39, 0.29) is 11.5 Å². The van der Waals surface area contributed by atoms with Gasteiger partial charge in [0, 0.05) is 17.7 Å². The number of thiocarbonyl (C=S) groups is 1. The molecular weight excluding hydrogens is 268 g/mol. The van der Waals surface area contributed by atoms with Gasteiger partial charge in [0.1, 0.15) is 0 Å². The lowest BCUT2D eigenvalue weighted by atomic mass is 9.70. The fourth-order valence-corrected chi connectivity index (χ4v) is 4.26. The van der Waals surface area contributed by atoms with Gasteiger partial charge >= 0.3 is 0 Å². The molecule has 0 bridgehead atoms. The number of hydrogen-bond acceptors (Lipinski definition) is 2. The molecule has 3 aliphatic rings. The summed E-state index contributed by atoms with van der Waals surface area (Å²) in [6, 6.07) is 0.155. The molecule has 1 heterocycles. The van der Waals surface area contributed by atoms with Crippen LogP contribution in [0.25, 0.3) is 0 Å². The van der Waals surface area contributed by atoms with Crippen molar-refractivity contribution in [2.45, 2.75) is 64.8 Å². The Kier molecular flexibility index (Phi) is 3.61. The quantitative estimate of drug-likeness (QED) is 0.729. The highest BCUT2D eigenvalue weighted by atomic mass is 32.1. The summed E-state index contributed by atoms with van der Waals surface area (Å²) < 4.78 is 0. The third-order valence-corrected chi connectivity index (χ3v) is 5.12. The van der Waals surface area contributed by atoms with Crippen LogP contribution in [0.2, 0.25) is 0 Å². The molecule has 4 heteroatoms. The molecule has 1 fully saturated rings. The summed E-state index contributed by atoms with van der Waals surface area (Å²) in [6.45, 7) is 4.33. The normalized spacial score (nSPS) is 30.6. The van der Waals surface area contributed by atoms with Crippen LogP contribution in [-0.4, -0.2) is 16.9 Å². The number of carbonyl (C=O) groups is 1. The summed E-state index contributed by atoms with van der Waals surface area (Å²) in [5.74, 6) is 0.883. The SMILES string of the molecule is CC1(C)CC(=O)C2=C(C1)NC(=S)N[C@H]2C1CCCCC1. The van der Waals surface area contributed by atoms with E-state index >= 15 is 0 Å². The standard InChI is InChI=1S/C16H24N2OS/c1-16(2)8-11-13(12(19)9-16)14(18-15(20)17-11)10-6-4-3-5-7-10/h10,14H,3-9H2,1-2H3,(H2,17,18,20)/t14-/m0/s1. The van der Waals surface area contributed by atoms with Gasteiger partial charge in [0.2, 0.25) is 0 Å². The highest BCUT2D eigenvalue weighted by Crippen LogP contribution is 2.40. The number of hydrogen-bond donors (Lipinski definition) is 2. The minimum absolute atomic E-state index is 0.0486. The number of nitrogens with one attached hydrogen (secondary N) is 2. The molecule has 3 rings (SSSR count). The van der Waals surface area contributed by atoms with Gasteiger partial charge in [0.25, 0.3) is 0 Å². The van der Waals surface area contributed by atoms with Crippen molar-refractivity contribution in [1.82, 2.24) is 10.6 Å². The first-order chi connectivity index (χ1) is 9.46. The van der Waals surface area contributed by atoms with Crippen LogP contribution in [0.15, 0.2) is 11.3 Å². The molecule has 110 valence electrons. The van der Waals surface area contributed by atoms with E-state index in [4.69, 9.17) is 12.2 Å². The largest absolute Gasteiger partial charge is 0.355 e. The molecule has 2 aliphatic carbocycles. The second-order valence-electron chi connectivity index (χ2n) is 7.31. The van der Waals surface area contributed by atoms with E-state index in [2.05, 4.69) is 24.5 Å². The Morgan fingerprint density at radius 1 is 1.15 bits per heavy atom. The Labute approximate surface area is 126 Å². The lowest BCUT2D eigenvalue weighted by Gasteiger charge is -2.42. The van der Waals surface area contributed by atoms with E-state index in [0.717, 1.165) is 17.7 Å². The fraction of sp³-hybridized carbons (Fsp3) is 0.750. The Bertz CT molecular complexity index is 475. The van der Waals surface area contributed by atoms with E-state index in [0.29, 0.717) is 23.2 Å². The van der Waals surface area contributed by atoms with Crippen molar-refractivity contribution in [1.29, 1.82) is 0 Å². The van der Waals surface area contributed by atoms with E-state index in [1.165, 1.54) is 32.1 Å². The van der Waals surface area contributed by atoms with Crippen molar-refractivity contribution in [3.8, 4) is 0 Å². The van der Waals surface area contributed by atoms with Crippen molar-refractivity contribution in [2.24, 2.45) is 11.3 Å². The van der Waals surface area contributed by atoms with Crippen LogP contribution in [0.4, 0.5) is 0 Å². The summed E-state index contributed by atoms with van der Waals surface area (Å²) in [6.07, 6.45) is 7.92. The molecule has 20 heavy (non-hydrogen) atoms. The Morgan fingerprint density at radius 2 is 1.85 bits per heavy atom. The first-order valence-electron chi connectivity index (χ1n) is 7.80. The molecule has 0 aromatic carbocycles. The molecular formula is C16H24N2OS. The minimum Gasteiger partial charge on any atom is -0.355 e. The van der Waals surface area contributed by atoms with Gasteiger partial charge in [-0.05, 0) is 42.8 Å². The van der Waals surface area contributed by atoms with Crippen LogP contribution in [0, 0.1) is 11.3 Å². The summed E-state index contributed by atoms with van der Waals surface area (Å²) >= 11 is 5.37.